The summed E-state index contributed by atoms with van der Waals surface area (Å²) >= 11 is 1.55. The molecule has 0 saturated carbocycles. The van der Waals surface area contributed by atoms with Gasteiger partial charge in [-0.05, 0) is 12.8 Å². The summed E-state index contributed by atoms with van der Waals surface area (Å²) in [5.74, 6) is 0. The van der Waals surface area contributed by atoms with E-state index in [0.29, 0.717) is 6.04 Å². The molecule has 0 aromatic carbocycles. The summed E-state index contributed by atoms with van der Waals surface area (Å²) in [5.41, 5.74) is 0.974. The maximum atomic E-state index is 11.2. The van der Waals surface area contributed by atoms with Crippen LogP contribution in [0.5, 0.6) is 0 Å². The van der Waals surface area contributed by atoms with Gasteiger partial charge in [0.15, 0.2) is 11.4 Å². The van der Waals surface area contributed by atoms with E-state index >= 15 is 0 Å². The Kier molecular flexibility index (Phi) is 4.87. The molecule has 0 bridgehead atoms. The summed E-state index contributed by atoms with van der Waals surface area (Å²) in [6.07, 6.45) is 4.06. The number of aldehydes is 1. The fourth-order valence-electron chi connectivity index (χ4n) is 3.15. The lowest BCUT2D eigenvalue weighted by molar-refractivity contribution is 0.0209. The van der Waals surface area contributed by atoms with E-state index in [0.717, 1.165) is 74.2 Å². The van der Waals surface area contributed by atoms with Crippen LogP contribution in [0.15, 0.2) is 0 Å². The lowest BCUT2D eigenvalue weighted by Gasteiger charge is -2.32. The van der Waals surface area contributed by atoms with Gasteiger partial charge >= 0.3 is 0 Å². The van der Waals surface area contributed by atoms with E-state index in [9.17, 15) is 4.79 Å². The number of aromatic nitrogens is 1. The number of carbonyl (C=O) groups excluding carboxylic acids is 1. The van der Waals surface area contributed by atoms with Gasteiger partial charge in [0.1, 0.15) is 0 Å². The first-order chi connectivity index (χ1) is 10.3. The molecule has 0 amide bonds. The van der Waals surface area contributed by atoms with Crippen molar-refractivity contribution >= 4 is 22.8 Å². The summed E-state index contributed by atoms with van der Waals surface area (Å²) in [6, 6.07) is 0.604. The van der Waals surface area contributed by atoms with Gasteiger partial charge in [-0.3, -0.25) is 9.69 Å². The van der Waals surface area contributed by atoms with E-state index < -0.39 is 0 Å². The predicted molar refractivity (Wildman–Crippen MR) is 84.5 cm³/mol. The molecule has 2 aliphatic rings. The SMILES string of the molecule is CCCc1nc(N2CCC(N3CCOCC3)C2)sc1C=O. The minimum absolute atomic E-state index is 0.604. The maximum absolute atomic E-state index is 11.2. The molecule has 2 saturated heterocycles. The van der Waals surface area contributed by atoms with Gasteiger partial charge in [-0.1, -0.05) is 24.7 Å². The first-order valence-corrected chi connectivity index (χ1v) is 8.65. The molecule has 1 aromatic heterocycles. The predicted octanol–water partition coefficient (Wildman–Crippen LogP) is 1.82. The highest BCUT2D eigenvalue weighted by molar-refractivity contribution is 7.17. The Hall–Kier alpha value is -0.980. The van der Waals surface area contributed by atoms with Crippen LogP contribution in [0.1, 0.15) is 35.1 Å². The zero-order chi connectivity index (χ0) is 14.7. The van der Waals surface area contributed by atoms with Gasteiger partial charge in [0.2, 0.25) is 0 Å². The largest absolute Gasteiger partial charge is 0.379 e. The minimum Gasteiger partial charge on any atom is -0.379 e. The van der Waals surface area contributed by atoms with Crippen molar-refractivity contribution in [3.63, 3.8) is 0 Å². The molecule has 3 rings (SSSR count). The fourth-order valence-corrected chi connectivity index (χ4v) is 4.11. The van der Waals surface area contributed by atoms with Crippen molar-refractivity contribution < 1.29 is 9.53 Å². The highest BCUT2D eigenvalue weighted by Gasteiger charge is 2.30. The van der Waals surface area contributed by atoms with Crippen LogP contribution >= 0.6 is 11.3 Å². The van der Waals surface area contributed by atoms with Crippen molar-refractivity contribution in [2.45, 2.75) is 32.2 Å². The van der Waals surface area contributed by atoms with Crippen molar-refractivity contribution in [2.75, 3.05) is 44.3 Å². The zero-order valence-corrected chi connectivity index (χ0v) is 13.4. The van der Waals surface area contributed by atoms with Crippen LogP contribution < -0.4 is 4.90 Å². The van der Waals surface area contributed by atoms with Crippen molar-refractivity contribution in [3.05, 3.63) is 10.6 Å². The number of rotatable bonds is 5. The lowest BCUT2D eigenvalue weighted by Crippen LogP contribution is -2.44. The van der Waals surface area contributed by atoms with Gasteiger partial charge in [0, 0.05) is 32.2 Å². The number of thiazole rings is 1. The van der Waals surface area contributed by atoms with Gasteiger partial charge in [-0.25, -0.2) is 4.98 Å². The summed E-state index contributed by atoms with van der Waals surface area (Å²) < 4.78 is 5.43. The molecule has 3 heterocycles. The van der Waals surface area contributed by atoms with Gasteiger partial charge in [-0.2, -0.15) is 0 Å². The van der Waals surface area contributed by atoms with E-state index in [1.165, 1.54) is 6.42 Å². The molecule has 5 nitrogen and oxygen atoms in total. The fraction of sp³-hybridized carbons (Fsp3) is 0.733. The highest BCUT2D eigenvalue weighted by atomic mass is 32.1. The van der Waals surface area contributed by atoms with Crippen LogP contribution in [0.25, 0.3) is 0 Å². The standard InChI is InChI=1S/C15H23N3O2S/c1-2-3-13-14(11-19)21-15(16-13)18-5-4-12(10-18)17-6-8-20-9-7-17/h11-12H,2-10H2,1H3. The average Bonchev–Trinajstić information content (AvgIpc) is 3.15. The Balaban J connectivity index is 1.66. The minimum atomic E-state index is 0.604. The molecule has 21 heavy (non-hydrogen) atoms. The molecule has 0 radical (unpaired) electrons. The Bertz CT molecular complexity index is 485. The van der Waals surface area contributed by atoms with E-state index in [4.69, 9.17) is 9.72 Å². The number of hydrogen-bond donors (Lipinski definition) is 0. The Morgan fingerprint density at radius 2 is 2.19 bits per heavy atom. The first kappa shape index (κ1) is 14.9. The van der Waals surface area contributed by atoms with Gasteiger partial charge in [-0.15, -0.1) is 0 Å². The summed E-state index contributed by atoms with van der Waals surface area (Å²) in [5, 5.41) is 1.02. The van der Waals surface area contributed by atoms with Crippen LogP contribution in [0.2, 0.25) is 0 Å². The lowest BCUT2D eigenvalue weighted by atomic mass is 10.2. The van der Waals surface area contributed by atoms with Crippen molar-refractivity contribution in [2.24, 2.45) is 0 Å². The van der Waals surface area contributed by atoms with Crippen molar-refractivity contribution in [1.29, 1.82) is 0 Å². The number of anilines is 1. The normalized spacial score (nSPS) is 23.7. The molecule has 0 aliphatic carbocycles. The molecule has 1 unspecified atom stereocenters. The van der Waals surface area contributed by atoms with E-state index in [-0.39, 0.29) is 0 Å². The first-order valence-electron chi connectivity index (χ1n) is 7.83. The number of hydrogen-bond acceptors (Lipinski definition) is 6. The van der Waals surface area contributed by atoms with Crippen molar-refractivity contribution in [1.82, 2.24) is 9.88 Å². The van der Waals surface area contributed by atoms with Crippen molar-refractivity contribution in [3.8, 4) is 0 Å². The Labute approximate surface area is 129 Å². The molecule has 1 atom stereocenters. The number of morpholine rings is 1. The molecule has 0 N–H and O–H groups in total. The third-order valence-corrected chi connectivity index (χ3v) is 5.39. The third-order valence-electron chi connectivity index (χ3n) is 4.31. The van der Waals surface area contributed by atoms with E-state index in [2.05, 4.69) is 16.7 Å². The van der Waals surface area contributed by atoms with Crippen LogP contribution in [0, 0.1) is 0 Å². The second-order valence-corrected chi connectivity index (χ2v) is 6.72. The van der Waals surface area contributed by atoms with Crippen LogP contribution in [0.3, 0.4) is 0 Å². The molecule has 2 fully saturated rings. The molecule has 2 aliphatic heterocycles. The van der Waals surface area contributed by atoms with E-state index in [1.807, 2.05) is 0 Å². The maximum Gasteiger partial charge on any atom is 0.186 e. The third kappa shape index (κ3) is 3.27. The number of carbonyl (C=O) groups is 1. The van der Waals surface area contributed by atoms with Crippen LogP contribution in [-0.4, -0.2) is 61.6 Å². The topological polar surface area (TPSA) is 45.7 Å². The molecule has 1 aromatic rings. The Morgan fingerprint density at radius 3 is 2.90 bits per heavy atom. The smallest absolute Gasteiger partial charge is 0.186 e. The van der Waals surface area contributed by atoms with Gasteiger partial charge < -0.3 is 9.64 Å². The Morgan fingerprint density at radius 1 is 1.38 bits per heavy atom. The van der Waals surface area contributed by atoms with E-state index in [1.54, 1.807) is 11.3 Å². The number of aryl methyl sites for hydroxylation is 1. The quantitative estimate of drug-likeness (QED) is 0.776. The highest BCUT2D eigenvalue weighted by Crippen LogP contribution is 2.30. The van der Waals surface area contributed by atoms with Gasteiger partial charge in [0.05, 0.1) is 23.8 Å². The number of ether oxygens (including phenoxy) is 1. The summed E-state index contributed by atoms with van der Waals surface area (Å²) in [7, 11) is 0. The molecular formula is C15H23N3O2S. The molecule has 116 valence electrons. The van der Waals surface area contributed by atoms with Crippen LogP contribution in [-0.2, 0) is 11.2 Å². The molecule has 0 spiro atoms. The van der Waals surface area contributed by atoms with Gasteiger partial charge in [0.25, 0.3) is 0 Å². The average molecular weight is 309 g/mol. The van der Waals surface area contributed by atoms with Crippen LogP contribution in [0.4, 0.5) is 5.13 Å². The molecular weight excluding hydrogens is 286 g/mol. The summed E-state index contributed by atoms with van der Waals surface area (Å²) in [6.45, 7) is 7.97. The monoisotopic (exact) mass is 309 g/mol. The molecule has 6 heteroatoms. The second kappa shape index (κ2) is 6.85. The summed E-state index contributed by atoms with van der Waals surface area (Å²) in [4.78, 5) is 21.6. The zero-order valence-electron chi connectivity index (χ0n) is 12.6. The second-order valence-electron chi connectivity index (χ2n) is 5.71. The number of nitrogens with zero attached hydrogens (tertiary/aromatic N) is 3.